The van der Waals surface area contributed by atoms with E-state index in [2.05, 4.69) is 32.7 Å². The van der Waals surface area contributed by atoms with E-state index in [1.165, 1.54) is 0 Å². The molecule has 0 aliphatic carbocycles. The van der Waals surface area contributed by atoms with Gasteiger partial charge in [0.2, 0.25) is 5.91 Å². The summed E-state index contributed by atoms with van der Waals surface area (Å²) in [6.07, 6.45) is 1.63. The quantitative estimate of drug-likeness (QED) is 0.730. The Labute approximate surface area is 106 Å². The van der Waals surface area contributed by atoms with Gasteiger partial charge in [-0.2, -0.15) is 0 Å². The number of hydrogen-bond donors (Lipinski definition) is 1. The molecule has 2 atom stereocenters. The van der Waals surface area contributed by atoms with Crippen LogP contribution in [0.1, 0.15) is 33.6 Å². The van der Waals surface area contributed by atoms with Gasteiger partial charge in [0, 0.05) is 39.1 Å². The van der Waals surface area contributed by atoms with Crippen LogP contribution in [-0.2, 0) is 4.79 Å². The molecule has 0 bridgehead atoms. The average molecular weight is 243 g/mol. The zero-order valence-electron chi connectivity index (χ0n) is 12.2. The van der Waals surface area contributed by atoms with Gasteiger partial charge in [0.05, 0.1) is 0 Å². The fourth-order valence-electron chi connectivity index (χ4n) is 1.99. The molecule has 0 spiro atoms. The third kappa shape index (κ3) is 6.03. The number of nitrogens with two attached hydrogens (primary N) is 1. The molecule has 17 heavy (non-hydrogen) atoms. The molecule has 0 rings (SSSR count). The molecule has 0 saturated carbocycles. The molecule has 0 aromatic heterocycles. The second-order valence-electron chi connectivity index (χ2n) is 5.53. The van der Waals surface area contributed by atoms with Gasteiger partial charge in [0.25, 0.3) is 0 Å². The minimum Gasteiger partial charge on any atom is -0.349 e. The summed E-state index contributed by atoms with van der Waals surface area (Å²) in [6.45, 7) is 7.15. The molecule has 4 heteroatoms. The number of likely N-dealkylation sites (N-methyl/N-ethyl adjacent to an activating group) is 1. The summed E-state index contributed by atoms with van der Waals surface area (Å²) in [7, 11) is 5.63. The van der Waals surface area contributed by atoms with Crippen molar-refractivity contribution >= 4 is 5.91 Å². The first-order chi connectivity index (χ1) is 7.79. The number of nitrogens with zero attached hydrogens (tertiary/aromatic N) is 2. The predicted molar refractivity (Wildman–Crippen MR) is 72.8 cm³/mol. The fraction of sp³-hybridized carbons (Fsp3) is 0.923. The number of carbonyl (C=O) groups excluding carboxylic acids is 1. The number of amides is 1. The van der Waals surface area contributed by atoms with Gasteiger partial charge in [-0.25, -0.2) is 0 Å². The van der Waals surface area contributed by atoms with E-state index in [0.29, 0.717) is 24.9 Å². The SMILES string of the molecule is CC(C)CC(C)N(C)C(CN)CC(=O)N(C)C. The zero-order valence-corrected chi connectivity index (χ0v) is 12.2. The van der Waals surface area contributed by atoms with Crippen molar-refractivity contribution in [1.82, 2.24) is 9.80 Å². The molecule has 0 aromatic rings. The van der Waals surface area contributed by atoms with Gasteiger partial charge in [0.1, 0.15) is 0 Å². The Kier molecular flexibility index (Phi) is 7.39. The minimum atomic E-state index is 0.138. The molecule has 0 aliphatic heterocycles. The van der Waals surface area contributed by atoms with E-state index in [1.54, 1.807) is 19.0 Å². The highest BCUT2D eigenvalue weighted by Crippen LogP contribution is 2.14. The molecule has 102 valence electrons. The third-order valence-corrected chi connectivity index (χ3v) is 3.26. The summed E-state index contributed by atoms with van der Waals surface area (Å²) in [5, 5.41) is 0. The Bertz CT molecular complexity index is 229. The van der Waals surface area contributed by atoms with Crippen LogP contribution in [0.5, 0.6) is 0 Å². The second-order valence-corrected chi connectivity index (χ2v) is 5.53. The van der Waals surface area contributed by atoms with Crippen LogP contribution in [0.3, 0.4) is 0 Å². The lowest BCUT2D eigenvalue weighted by Gasteiger charge is -2.33. The van der Waals surface area contributed by atoms with Gasteiger partial charge < -0.3 is 10.6 Å². The molecule has 0 saturated heterocycles. The Morgan fingerprint density at radius 1 is 1.18 bits per heavy atom. The Morgan fingerprint density at radius 3 is 2.06 bits per heavy atom. The van der Waals surface area contributed by atoms with Crippen molar-refractivity contribution in [3.63, 3.8) is 0 Å². The lowest BCUT2D eigenvalue weighted by atomic mass is 10.0. The van der Waals surface area contributed by atoms with E-state index in [9.17, 15) is 4.79 Å². The molecule has 0 fully saturated rings. The first-order valence-electron chi connectivity index (χ1n) is 6.41. The summed E-state index contributed by atoms with van der Waals surface area (Å²) in [5.41, 5.74) is 5.78. The van der Waals surface area contributed by atoms with E-state index in [4.69, 9.17) is 5.73 Å². The van der Waals surface area contributed by atoms with Crippen LogP contribution in [0.15, 0.2) is 0 Å². The standard InChI is InChI=1S/C13H29N3O/c1-10(2)7-11(3)16(6)12(9-14)8-13(17)15(4)5/h10-12H,7-9,14H2,1-6H3. The second kappa shape index (κ2) is 7.67. The molecule has 0 heterocycles. The average Bonchev–Trinajstić information content (AvgIpc) is 2.23. The van der Waals surface area contributed by atoms with Crippen molar-refractivity contribution in [3.8, 4) is 0 Å². The van der Waals surface area contributed by atoms with Gasteiger partial charge in [-0.15, -0.1) is 0 Å². The van der Waals surface area contributed by atoms with E-state index < -0.39 is 0 Å². The first-order valence-corrected chi connectivity index (χ1v) is 6.41. The number of hydrogen-bond acceptors (Lipinski definition) is 3. The smallest absolute Gasteiger partial charge is 0.223 e. The summed E-state index contributed by atoms with van der Waals surface area (Å²) in [4.78, 5) is 15.6. The third-order valence-electron chi connectivity index (χ3n) is 3.26. The maximum absolute atomic E-state index is 11.7. The maximum atomic E-state index is 11.7. The first kappa shape index (κ1) is 16.4. The molecule has 4 nitrogen and oxygen atoms in total. The maximum Gasteiger partial charge on any atom is 0.223 e. The van der Waals surface area contributed by atoms with Gasteiger partial charge in [-0.05, 0) is 26.3 Å². The molecule has 0 aliphatic rings. The largest absolute Gasteiger partial charge is 0.349 e. The zero-order chi connectivity index (χ0) is 13.6. The van der Waals surface area contributed by atoms with Crippen LogP contribution in [0.25, 0.3) is 0 Å². The van der Waals surface area contributed by atoms with Crippen LogP contribution in [0.4, 0.5) is 0 Å². The van der Waals surface area contributed by atoms with Gasteiger partial charge in [-0.1, -0.05) is 13.8 Å². The van der Waals surface area contributed by atoms with Crippen LogP contribution in [0, 0.1) is 5.92 Å². The molecule has 2 N–H and O–H groups in total. The van der Waals surface area contributed by atoms with E-state index in [-0.39, 0.29) is 11.9 Å². The molecular formula is C13H29N3O. The van der Waals surface area contributed by atoms with E-state index >= 15 is 0 Å². The summed E-state index contributed by atoms with van der Waals surface area (Å²) >= 11 is 0. The van der Waals surface area contributed by atoms with Gasteiger partial charge in [-0.3, -0.25) is 9.69 Å². The summed E-state index contributed by atoms with van der Waals surface area (Å²) in [5.74, 6) is 0.805. The summed E-state index contributed by atoms with van der Waals surface area (Å²) in [6, 6.07) is 0.595. The highest BCUT2D eigenvalue weighted by molar-refractivity contribution is 5.76. The Morgan fingerprint density at radius 2 is 1.71 bits per heavy atom. The lowest BCUT2D eigenvalue weighted by molar-refractivity contribution is -0.130. The van der Waals surface area contributed by atoms with E-state index in [0.717, 1.165) is 6.42 Å². The van der Waals surface area contributed by atoms with Crippen LogP contribution in [0.2, 0.25) is 0 Å². The van der Waals surface area contributed by atoms with Crippen LogP contribution >= 0.6 is 0 Å². The van der Waals surface area contributed by atoms with Crippen molar-refractivity contribution in [1.29, 1.82) is 0 Å². The number of rotatable bonds is 7. The molecule has 2 unspecified atom stereocenters. The summed E-state index contributed by atoms with van der Waals surface area (Å²) < 4.78 is 0. The van der Waals surface area contributed by atoms with E-state index in [1.807, 2.05) is 0 Å². The lowest BCUT2D eigenvalue weighted by Crippen LogP contribution is -2.46. The van der Waals surface area contributed by atoms with Crippen LogP contribution < -0.4 is 5.73 Å². The molecular weight excluding hydrogens is 214 g/mol. The predicted octanol–water partition coefficient (Wildman–Crippen LogP) is 1.16. The van der Waals surface area contributed by atoms with Gasteiger partial charge >= 0.3 is 0 Å². The van der Waals surface area contributed by atoms with Crippen molar-refractivity contribution in [2.45, 2.75) is 45.7 Å². The topological polar surface area (TPSA) is 49.6 Å². The van der Waals surface area contributed by atoms with Crippen molar-refractivity contribution in [3.05, 3.63) is 0 Å². The fourth-order valence-corrected chi connectivity index (χ4v) is 1.99. The van der Waals surface area contributed by atoms with Crippen LogP contribution in [-0.4, -0.2) is 55.5 Å². The normalized spacial score (nSPS) is 15.1. The monoisotopic (exact) mass is 243 g/mol. The Balaban J connectivity index is 4.39. The van der Waals surface area contributed by atoms with Crippen molar-refractivity contribution < 1.29 is 4.79 Å². The van der Waals surface area contributed by atoms with Crippen molar-refractivity contribution in [2.24, 2.45) is 11.7 Å². The van der Waals surface area contributed by atoms with Crippen molar-refractivity contribution in [2.75, 3.05) is 27.7 Å². The number of carbonyl (C=O) groups is 1. The molecule has 1 amide bonds. The molecule has 0 radical (unpaired) electrons. The minimum absolute atomic E-state index is 0.138. The molecule has 0 aromatic carbocycles. The highest BCUT2D eigenvalue weighted by atomic mass is 16.2. The Hall–Kier alpha value is -0.610. The highest BCUT2D eigenvalue weighted by Gasteiger charge is 2.22. The van der Waals surface area contributed by atoms with Gasteiger partial charge in [0.15, 0.2) is 0 Å².